The molecule has 0 atom stereocenters. The molecule has 1 aromatic rings. The van der Waals surface area contributed by atoms with E-state index in [1.54, 1.807) is 0 Å². The molecule has 0 aliphatic carbocycles. The Hall–Kier alpha value is -0.340. The van der Waals surface area contributed by atoms with Gasteiger partial charge < -0.3 is 5.32 Å². The van der Waals surface area contributed by atoms with Crippen LogP contribution in [0, 0.1) is 0 Å². The van der Waals surface area contributed by atoms with Gasteiger partial charge in [-0.3, -0.25) is 0 Å². The van der Waals surface area contributed by atoms with Crippen LogP contribution < -0.4 is 5.32 Å². The van der Waals surface area contributed by atoms with Gasteiger partial charge in [0.25, 0.3) is 0 Å². The average Bonchev–Trinajstić information content (AvgIpc) is 2.34. The molecule has 0 amide bonds. The molecule has 1 nitrogen and oxygen atoms in total. The van der Waals surface area contributed by atoms with Crippen LogP contribution in [0.1, 0.15) is 4.88 Å². The maximum atomic E-state index is 3.11. The first-order valence-corrected chi connectivity index (χ1v) is 3.98. The number of nitrogens with one attached hydrogen (secondary N) is 1. The first-order chi connectivity index (χ1) is 4.43. The van der Waals surface area contributed by atoms with E-state index >= 15 is 0 Å². The smallest absolute Gasteiger partial charge is 0.00578 e. The van der Waals surface area contributed by atoms with Crippen molar-refractivity contribution in [1.29, 1.82) is 0 Å². The lowest BCUT2D eigenvalue weighted by Crippen LogP contribution is -2.09. The van der Waals surface area contributed by atoms with Gasteiger partial charge in [0.1, 0.15) is 0 Å². The molecular formula is C7H11NS. The third-order valence-corrected chi connectivity index (χ3v) is 2.14. The number of thiophene rings is 1. The van der Waals surface area contributed by atoms with E-state index in [0.29, 0.717) is 0 Å². The van der Waals surface area contributed by atoms with E-state index in [-0.39, 0.29) is 0 Å². The van der Waals surface area contributed by atoms with Crippen molar-refractivity contribution < 1.29 is 0 Å². The van der Waals surface area contributed by atoms with Gasteiger partial charge in [0.2, 0.25) is 0 Å². The van der Waals surface area contributed by atoms with Crippen molar-refractivity contribution in [2.45, 2.75) is 6.42 Å². The van der Waals surface area contributed by atoms with Gasteiger partial charge in [-0.15, -0.1) is 11.3 Å². The summed E-state index contributed by atoms with van der Waals surface area (Å²) in [6.07, 6.45) is 1.16. The number of likely N-dealkylation sites (N-methyl/N-ethyl adjacent to an activating group) is 1. The largest absolute Gasteiger partial charge is 0.319 e. The highest BCUT2D eigenvalue weighted by Gasteiger charge is 1.89. The van der Waals surface area contributed by atoms with Crippen LogP contribution in [-0.4, -0.2) is 13.6 Å². The highest BCUT2D eigenvalue weighted by molar-refractivity contribution is 7.09. The molecule has 1 N–H and O–H groups in total. The van der Waals surface area contributed by atoms with Crippen LogP contribution >= 0.6 is 11.3 Å². The summed E-state index contributed by atoms with van der Waals surface area (Å²) in [6.45, 7) is 1.08. The van der Waals surface area contributed by atoms with Crippen molar-refractivity contribution in [2.24, 2.45) is 0 Å². The van der Waals surface area contributed by atoms with Crippen molar-refractivity contribution in [2.75, 3.05) is 13.6 Å². The second kappa shape index (κ2) is 3.64. The van der Waals surface area contributed by atoms with E-state index in [9.17, 15) is 0 Å². The first kappa shape index (κ1) is 6.78. The second-order valence-electron chi connectivity index (χ2n) is 1.93. The minimum absolute atomic E-state index is 1.08. The van der Waals surface area contributed by atoms with E-state index in [0.717, 1.165) is 13.0 Å². The molecule has 9 heavy (non-hydrogen) atoms. The van der Waals surface area contributed by atoms with Crippen LogP contribution in [-0.2, 0) is 6.42 Å². The number of rotatable bonds is 3. The van der Waals surface area contributed by atoms with Gasteiger partial charge in [-0.05, 0) is 31.5 Å². The molecule has 1 heterocycles. The summed E-state index contributed by atoms with van der Waals surface area (Å²) in [5.41, 5.74) is 0. The Bertz CT molecular complexity index is 146. The van der Waals surface area contributed by atoms with E-state index < -0.39 is 0 Å². The lowest BCUT2D eigenvalue weighted by Gasteiger charge is -1.92. The Morgan fingerprint density at radius 3 is 3.11 bits per heavy atom. The van der Waals surface area contributed by atoms with E-state index in [4.69, 9.17) is 0 Å². The molecule has 0 aliphatic rings. The minimum Gasteiger partial charge on any atom is -0.319 e. The second-order valence-corrected chi connectivity index (χ2v) is 2.97. The molecule has 0 spiro atoms. The Balaban J connectivity index is 2.30. The summed E-state index contributed by atoms with van der Waals surface area (Å²) in [5.74, 6) is 0. The van der Waals surface area contributed by atoms with Crippen molar-refractivity contribution in [3.05, 3.63) is 22.4 Å². The summed E-state index contributed by atoms with van der Waals surface area (Å²) < 4.78 is 0. The van der Waals surface area contributed by atoms with Crippen LogP contribution in [0.2, 0.25) is 0 Å². The fourth-order valence-electron chi connectivity index (χ4n) is 0.703. The lowest BCUT2D eigenvalue weighted by molar-refractivity contribution is 0.799. The van der Waals surface area contributed by atoms with Crippen molar-refractivity contribution in [3.63, 3.8) is 0 Å². The summed E-state index contributed by atoms with van der Waals surface area (Å²) in [6, 6.07) is 4.26. The molecule has 0 saturated carbocycles. The third kappa shape index (κ3) is 2.16. The minimum atomic E-state index is 1.08. The molecule has 0 bridgehead atoms. The predicted octanol–water partition coefficient (Wildman–Crippen LogP) is 1.51. The standard InChI is InChI=1S/C7H11NS/c1-8-5-4-7-3-2-6-9-7/h2-3,6,8H,4-5H2,1H3. The fraction of sp³-hybridized carbons (Fsp3) is 0.429. The first-order valence-electron chi connectivity index (χ1n) is 3.10. The van der Waals surface area contributed by atoms with Crippen LogP contribution in [0.5, 0.6) is 0 Å². The Morgan fingerprint density at radius 2 is 2.56 bits per heavy atom. The SMILES string of the molecule is CNCCc1cccs1. The molecule has 0 fully saturated rings. The van der Waals surface area contributed by atoms with E-state index in [1.807, 2.05) is 18.4 Å². The van der Waals surface area contributed by atoms with E-state index in [2.05, 4.69) is 22.8 Å². The normalized spacial score (nSPS) is 9.89. The highest BCUT2D eigenvalue weighted by Crippen LogP contribution is 2.07. The van der Waals surface area contributed by atoms with Gasteiger partial charge in [-0.2, -0.15) is 0 Å². The Labute approximate surface area is 59.7 Å². The van der Waals surface area contributed by atoms with E-state index in [1.165, 1.54) is 4.88 Å². The van der Waals surface area contributed by atoms with Gasteiger partial charge in [0.15, 0.2) is 0 Å². The Kier molecular flexibility index (Phi) is 2.74. The van der Waals surface area contributed by atoms with Gasteiger partial charge in [0.05, 0.1) is 0 Å². The van der Waals surface area contributed by atoms with Crippen LogP contribution in [0.25, 0.3) is 0 Å². The molecule has 0 unspecified atom stereocenters. The molecule has 0 aliphatic heterocycles. The van der Waals surface area contributed by atoms with Gasteiger partial charge in [-0.25, -0.2) is 0 Å². The zero-order valence-corrected chi connectivity index (χ0v) is 6.37. The molecular weight excluding hydrogens is 130 g/mol. The highest BCUT2D eigenvalue weighted by atomic mass is 32.1. The Morgan fingerprint density at radius 1 is 1.67 bits per heavy atom. The summed E-state index contributed by atoms with van der Waals surface area (Å²) >= 11 is 1.82. The molecule has 0 radical (unpaired) electrons. The van der Waals surface area contributed by atoms with Gasteiger partial charge in [0, 0.05) is 4.88 Å². The predicted molar refractivity (Wildman–Crippen MR) is 41.9 cm³/mol. The van der Waals surface area contributed by atoms with Gasteiger partial charge in [-0.1, -0.05) is 6.07 Å². The molecule has 0 saturated heterocycles. The molecule has 0 aromatic carbocycles. The van der Waals surface area contributed by atoms with Crippen molar-refractivity contribution >= 4 is 11.3 Å². The summed E-state index contributed by atoms with van der Waals surface area (Å²) in [4.78, 5) is 1.46. The fourth-order valence-corrected chi connectivity index (χ4v) is 1.41. The van der Waals surface area contributed by atoms with Crippen LogP contribution in [0.4, 0.5) is 0 Å². The van der Waals surface area contributed by atoms with Crippen LogP contribution in [0.3, 0.4) is 0 Å². The maximum absolute atomic E-state index is 3.11. The molecule has 1 rings (SSSR count). The molecule has 50 valence electrons. The van der Waals surface area contributed by atoms with Crippen molar-refractivity contribution in [3.8, 4) is 0 Å². The summed E-state index contributed by atoms with van der Waals surface area (Å²) in [5, 5.41) is 5.23. The topological polar surface area (TPSA) is 12.0 Å². The average molecular weight is 141 g/mol. The monoisotopic (exact) mass is 141 g/mol. The zero-order valence-electron chi connectivity index (χ0n) is 5.55. The summed E-state index contributed by atoms with van der Waals surface area (Å²) in [7, 11) is 1.98. The number of hydrogen-bond donors (Lipinski definition) is 1. The van der Waals surface area contributed by atoms with Crippen LogP contribution in [0.15, 0.2) is 17.5 Å². The zero-order chi connectivity index (χ0) is 6.53. The molecule has 2 heteroatoms. The quantitative estimate of drug-likeness (QED) is 0.673. The van der Waals surface area contributed by atoms with Crippen molar-refractivity contribution in [1.82, 2.24) is 5.32 Å². The lowest BCUT2D eigenvalue weighted by atomic mass is 10.3. The van der Waals surface area contributed by atoms with Gasteiger partial charge >= 0.3 is 0 Å². The number of hydrogen-bond acceptors (Lipinski definition) is 2. The molecule has 1 aromatic heterocycles. The maximum Gasteiger partial charge on any atom is 0.00578 e. The third-order valence-electron chi connectivity index (χ3n) is 1.20.